The molecule has 0 aliphatic heterocycles. The first-order chi connectivity index (χ1) is 18.9. The minimum atomic E-state index is -0.635. The summed E-state index contributed by atoms with van der Waals surface area (Å²) in [6.45, 7) is 2.02. The van der Waals surface area contributed by atoms with E-state index in [0.29, 0.717) is 17.0 Å². The molecule has 39 heavy (non-hydrogen) atoms. The van der Waals surface area contributed by atoms with Gasteiger partial charge in [-0.3, -0.25) is 14.0 Å². The van der Waals surface area contributed by atoms with Crippen molar-refractivity contribution in [2.75, 3.05) is 5.73 Å². The lowest BCUT2D eigenvalue weighted by Crippen LogP contribution is -2.28. The highest BCUT2D eigenvalue weighted by Gasteiger charge is 2.15. The highest BCUT2D eigenvalue weighted by Crippen LogP contribution is 2.13. The number of benzene rings is 1. The van der Waals surface area contributed by atoms with Gasteiger partial charge in [0.1, 0.15) is 11.3 Å². The van der Waals surface area contributed by atoms with Crippen LogP contribution in [-0.2, 0) is 13.5 Å². The number of imidazole rings is 2. The van der Waals surface area contributed by atoms with E-state index >= 15 is 0 Å². The third-order valence-electron chi connectivity index (χ3n) is 5.82. The number of carbonyl (C=O) groups excluding carboxylic acids is 1. The summed E-state index contributed by atoms with van der Waals surface area (Å²) >= 11 is 0. The zero-order valence-corrected chi connectivity index (χ0v) is 21.2. The molecule has 0 saturated carbocycles. The maximum absolute atomic E-state index is 13.2. The zero-order valence-electron chi connectivity index (χ0n) is 21.2. The maximum atomic E-state index is 13.2. The van der Waals surface area contributed by atoms with Crippen molar-refractivity contribution >= 4 is 23.0 Å². The number of primary amides is 1. The lowest BCUT2D eigenvalue weighted by Gasteiger charge is -2.12. The predicted molar refractivity (Wildman–Crippen MR) is 145 cm³/mol. The fourth-order valence-electron chi connectivity index (χ4n) is 4.07. The molecule has 4 N–H and O–H groups in total. The molecule has 1 aromatic carbocycles. The molecule has 0 bridgehead atoms. The summed E-state index contributed by atoms with van der Waals surface area (Å²) in [6.07, 6.45) is 7.40. The molecule has 0 unspecified atom stereocenters. The summed E-state index contributed by atoms with van der Waals surface area (Å²) in [5.41, 5.74) is 14.7. The van der Waals surface area contributed by atoms with Gasteiger partial charge in [-0.25, -0.2) is 23.7 Å². The van der Waals surface area contributed by atoms with Gasteiger partial charge < -0.3 is 11.5 Å². The molecule has 12 heteroatoms. The third kappa shape index (κ3) is 4.84. The van der Waals surface area contributed by atoms with Crippen molar-refractivity contribution in [1.29, 1.82) is 0 Å². The van der Waals surface area contributed by atoms with E-state index in [4.69, 9.17) is 11.5 Å². The normalized spacial score (nSPS) is 10.6. The molecule has 6 rings (SSSR count). The van der Waals surface area contributed by atoms with Gasteiger partial charge in [0.2, 0.25) is 0 Å². The Labute approximate surface area is 222 Å². The standard InChI is InChI=1S/C20H17N5O.C7H7N5O/c1-3-16-11-19-21-13-18(10-9-15-12-22-23(2)14-15)25(19)20(26)24(16)17-7-5-4-6-8-17;8-6-5(7(9)13)12-4(11-6)2-1-3-10-12/h4-8,11-14H,3H2,1-2H3;1-3H,8H2,(H2,9,13). The number of hydrogen-bond donors (Lipinski definition) is 2. The van der Waals surface area contributed by atoms with Crippen molar-refractivity contribution in [2.45, 2.75) is 13.3 Å². The molecule has 194 valence electrons. The summed E-state index contributed by atoms with van der Waals surface area (Å²) < 4.78 is 6.27. The smallest absolute Gasteiger partial charge is 0.339 e. The van der Waals surface area contributed by atoms with Crippen LogP contribution in [0.2, 0.25) is 0 Å². The van der Waals surface area contributed by atoms with Crippen LogP contribution in [0.1, 0.15) is 34.4 Å². The molecule has 5 aromatic heterocycles. The molecule has 0 radical (unpaired) electrons. The molecule has 0 atom stereocenters. The van der Waals surface area contributed by atoms with Crippen molar-refractivity contribution in [1.82, 2.24) is 38.3 Å². The van der Waals surface area contributed by atoms with Gasteiger partial charge in [0.15, 0.2) is 17.2 Å². The van der Waals surface area contributed by atoms with Gasteiger partial charge in [0.25, 0.3) is 5.91 Å². The average Bonchev–Trinajstić information content (AvgIpc) is 3.63. The minimum absolute atomic E-state index is 0.103. The Bertz CT molecular complexity index is 1930. The van der Waals surface area contributed by atoms with Crippen molar-refractivity contribution < 1.29 is 4.79 Å². The zero-order chi connectivity index (χ0) is 27.5. The van der Waals surface area contributed by atoms with Crippen LogP contribution in [0.25, 0.3) is 17.0 Å². The van der Waals surface area contributed by atoms with E-state index in [1.54, 1.807) is 38.2 Å². The number of anilines is 1. The first-order valence-corrected chi connectivity index (χ1v) is 11.9. The first kappa shape index (κ1) is 25.0. The van der Waals surface area contributed by atoms with E-state index < -0.39 is 5.91 Å². The van der Waals surface area contributed by atoms with Crippen LogP contribution in [0.4, 0.5) is 5.82 Å². The van der Waals surface area contributed by atoms with E-state index in [1.807, 2.05) is 56.6 Å². The largest absolute Gasteiger partial charge is 0.382 e. The number of aromatic nitrogens is 8. The number of fused-ring (bicyclic) bond motifs is 2. The number of nitrogens with two attached hydrogens (primary N) is 2. The third-order valence-corrected chi connectivity index (χ3v) is 5.82. The Morgan fingerprint density at radius 1 is 1.03 bits per heavy atom. The molecule has 12 nitrogen and oxygen atoms in total. The summed E-state index contributed by atoms with van der Waals surface area (Å²) in [4.78, 5) is 32.4. The molecule has 0 fully saturated rings. The van der Waals surface area contributed by atoms with Crippen LogP contribution < -0.4 is 17.2 Å². The Hall–Kier alpha value is -5.70. The molecule has 1 amide bonds. The second kappa shape index (κ2) is 10.3. The number of hydrogen-bond acceptors (Lipinski definition) is 7. The van der Waals surface area contributed by atoms with E-state index in [1.165, 1.54) is 10.7 Å². The number of rotatable bonds is 3. The monoisotopic (exact) mass is 520 g/mol. The topological polar surface area (TPSA) is 156 Å². The number of aryl methyl sites for hydroxylation is 2. The highest BCUT2D eigenvalue weighted by molar-refractivity contribution is 5.96. The van der Waals surface area contributed by atoms with Crippen molar-refractivity contribution in [3.63, 3.8) is 0 Å². The quantitative estimate of drug-likeness (QED) is 0.336. The first-order valence-electron chi connectivity index (χ1n) is 11.9. The van der Waals surface area contributed by atoms with Gasteiger partial charge in [-0.15, -0.1) is 0 Å². The molecular formula is C27H24N10O2. The van der Waals surface area contributed by atoms with Gasteiger partial charge in [-0.05, 0) is 36.6 Å². The van der Waals surface area contributed by atoms with Gasteiger partial charge in [0, 0.05) is 31.2 Å². The minimum Gasteiger partial charge on any atom is -0.382 e. The van der Waals surface area contributed by atoms with Crippen LogP contribution in [-0.4, -0.2) is 44.2 Å². The Balaban J connectivity index is 0.000000198. The Morgan fingerprint density at radius 2 is 1.82 bits per heavy atom. The fraction of sp³-hybridized carbons (Fsp3) is 0.111. The van der Waals surface area contributed by atoms with Crippen molar-refractivity contribution in [3.05, 3.63) is 106 Å². The number of nitrogen functional groups attached to an aromatic ring is 1. The molecule has 6 aromatic rings. The van der Waals surface area contributed by atoms with Gasteiger partial charge in [-0.1, -0.05) is 31.0 Å². The lowest BCUT2D eigenvalue weighted by molar-refractivity contribution is 0.0994. The van der Waals surface area contributed by atoms with Crippen molar-refractivity contribution in [2.24, 2.45) is 12.8 Å². The summed E-state index contributed by atoms with van der Waals surface area (Å²) in [7, 11) is 1.84. The van der Waals surface area contributed by atoms with E-state index in [0.717, 1.165) is 23.4 Å². The number of para-hydroxylation sites is 1. The lowest BCUT2D eigenvalue weighted by atomic mass is 10.2. The Kier molecular flexibility index (Phi) is 6.63. The van der Waals surface area contributed by atoms with Gasteiger partial charge in [-0.2, -0.15) is 10.2 Å². The van der Waals surface area contributed by atoms with Crippen LogP contribution in [0.15, 0.2) is 78.1 Å². The number of amides is 1. The molecule has 0 aliphatic carbocycles. The van der Waals surface area contributed by atoms with E-state index in [-0.39, 0.29) is 17.2 Å². The van der Waals surface area contributed by atoms with E-state index in [2.05, 4.69) is 32.0 Å². The second-order valence-electron chi connectivity index (χ2n) is 8.44. The van der Waals surface area contributed by atoms with Crippen LogP contribution >= 0.6 is 0 Å². The summed E-state index contributed by atoms with van der Waals surface area (Å²) in [5, 5.41) is 8.00. The number of nitrogens with zero attached hydrogens (tertiary/aromatic N) is 8. The second-order valence-corrected chi connectivity index (χ2v) is 8.44. The summed E-state index contributed by atoms with van der Waals surface area (Å²) in [6, 6.07) is 14.9. The molecular weight excluding hydrogens is 496 g/mol. The molecule has 0 saturated heterocycles. The Morgan fingerprint density at radius 3 is 2.51 bits per heavy atom. The van der Waals surface area contributed by atoms with Crippen LogP contribution in [0.3, 0.4) is 0 Å². The highest BCUT2D eigenvalue weighted by atomic mass is 16.2. The average molecular weight is 521 g/mol. The number of carbonyl (C=O) groups is 1. The van der Waals surface area contributed by atoms with Gasteiger partial charge >= 0.3 is 5.69 Å². The van der Waals surface area contributed by atoms with E-state index in [9.17, 15) is 9.59 Å². The predicted octanol–water partition coefficient (Wildman–Crippen LogP) is 1.59. The molecule has 5 heterocycles. The van der Waals surface area contributed by atoms with Crippen molar-refractivity contribution in [3.8, 4) is 17.5 Å². The maximum Gasteiger partial charge on any atom is 0.339 e. The molecule has 0 spiro atoms. The fourth-order valence-corrected chi connectivity index (χ4v) is 4.07. The SMILES string of the molecule is CCc1cc2ncc(C#Cc3cnn(C)c3)n2c(=O)n1-c1ccccc1.NC(=O)c1c(N)nc2cccnn12. The summed E-state index contributed by atoms with van der Waals surface area (Å²) in [5.74, 6) is 5.54. The molecule has 0 aliphatic rings. The van der Waals surface area contributed by atoms with Crippen LogP contribution in [0.5, 0.6) is 0 Å². The van der Waals surface area contributed by atoms with Gasteiger partial charge in [0.05, 0.1) is 23.6 Å². The van der Waals surface area contributed by atoms with Crippen LogP contribution in [0, 0.1) is 11.8 Å².